The van der Waals surface area contributed by atoms with E-state index in [9.17, 15) is 2.74 Å². The maximum atomic E-state index is 9.28. The standard InChI is InChI=1S/C58H57BN6O.Pt/c1-39(2)37-59-64(55-31-40(3)27-29-60-55)54-36-47(25-26-50(54)51-28-30-61-65(51)59)66-46-20-15-19-45(35-46)62-38-63(53-24-14-13-23-52(53)62)56-48(41-17-11-10-12-18-41)21-16-22-49(56)42-32-43(57(4,5)6)34-44(33-42)58(7,8)9;/h10-36,39H,37H2,1-9H3;/i10D,11D,12D,17D,18D;. The molecule has 4 heterocycles. The van der Waals surface area contributed by atoms with Gasteiger partial charge in [0.05, 0.1) is 0 Å². The van der Waals surface area contributed by atoms with Gasteiger partial charge in [0.2, 0.25) is 0 Å². The Morgan fingerprint density at radius 3 is 2.03 bits per heavy atom. The van der Waals surface area contributed by atoms with Crippen molar-refractivity contribution in [3.05, 3.63) is 184 Å². The van der Waals surface area contributed by atoms with E-state index in [-0.39, 0.29) is 47.5 Å². The van der Waals surface area contributed by atoms with Crippen LogP contribution < -0.4 is 9.55 Å². The first-order chi connectivity index (χ1) is 34.2. The quantitative estimate of drug-likeness (QED) is 0.135. The van der Waals surface area contributed by atoms with Crippen LogP contribution in [0.1, 0.15) is 78.9 Å². The number of para-hydroxylation sites is 3. The van der Waals surface area contributed by atoms with Crippen molar-refractivity contribution in [2.24, 2.45) is 5.92 Å². The Kier molecular flexibility index (Phi) is 9.96. The van der Waals surface area contributed by atoms with E-state index in [1.807, 2.05) is 67.0 Å². The van der Waals surface area contributed by atoms with Gasteiger partial charge in [0.25, 0.3) is 0 Å². The summed E-state index contributed by atoms with van der Waals surface area (Å²) in [6.45, 7) is 19.8. The van der Waals surface area contributed by atoms with Crippen molar-refractivity contribution in [2.45, 2.75) is 79.5 Å². The first-order valence-corrected chi connectivity index (χ1v) is 24.1. The van der Waals surface area contributed by atoms with Crippen molar-refractivity contribution in [2.75, 3.05) is 4.81 Å². The Hall–Kier alpha value is -6.50. The van der Waals surface area contributed by atoms with E-state index in [0.717, 1.165) is 66.3 Å². The number of fused-ring (bicyclic) bond motifs is 4. The molecule has 0 amide bonds. The van der Waals surface area contributed by atoms with E-state index >= 15 is 0 Å². The third kappa shape index (κ3) is 8.35. The van der Waals surface area contributed by atoms with Crippen LogP contribution in [0.15, 0.2) is 164 Å². The van der Waals surface area contributed by atoms with Gasteiger partial charge >= 0.3 is 359 Å². The summed E-state index contributed by atoms with van der Waals surface area (Å²) in [6, 6.07) is 39.6. The van der Waals surface area contributed by atoms with Crippen LogP contribution in [0, 0.1) is 16.6 Å². The Bertz CT molecular complexity index is 3620. The number of anilines is 2. The normalized spacial score (nSPS) is 13.8. The molecule has 3 aromatic heterocycles. The Morgan fingerprint density at radius 1 is 0.672 bits per heavy atom. The fraction of sp³-hybridized carbons (Fsp3) is 0.224. The van der Waals surface area contributed by atoms with Crippen molar-refractivity contribution < 1.29 is 30.9 Å². The average molecular weight is 1070 g/mol. The zero-order chi connectivity index (χ0) is 51.1. The molecule has 0 N–H and O–H groups in total. The van der Waals surface area contributed by atoms with Crippen LogP contribution in [-0.4, -0.2) is 30.8 Å². The number of pyridine rings is 1. The van der Waals surface area contributed by atoms with Crippen molar-refractivity contribution in [3.8, 4) is 56.4 Å². The zero-order valence-electron chi connectivity index (χ0n) is 44.5. The van der Waals surface area contributed by atoms with E-state index in [0.29, 0.717) is 28.7 Å². The molecule has 0 fully saturated rings. The topological polar surface area (TPSA) is 53.0 Å². The molecule has 0 unspecified atom stereocenters. The molecule has 1 aliphatic rings. The molecule has 0 spiro atoms. The van der Waals surface area contributed by atoms with Crippen LogP contribution in [0.3, 0.4) is 0 Å². The molecule has 1 aliphatic heterocycles. The molecular weight excluding hydrogens is 1000 g/mol. The Morgan fingerprint density at radius 2 is 1.34 bits per heavy atom. The first-order valence-electron chi connectivity index (χ1n) is 25.4. The monoisotopic (exact) mass is 1060 g/mol. The number of ether oxygens (including phenoxy) is 1. The number of hydrogen-bond donors (Lipinski definition) is 0. The van der Waals surface area contributed by atoms with Crippen molar-refractivity contribution in [1.29, 1.82) is 0 Å². The molecule has 0 saturated heterocycles. The van der Waals surface area contributed by atoms with Crippen molar-refractivity contribution in [1.82, 2.24) is 23.8 Å². The summed E-state index contributed by atoms with van der Waals surface area (Å²) in [5, 5.41) is 4.82. The molecule has 6 aromatic carbocycles. The number of imidazole rings is 1. The van der Waals surface area contributed by atoms with Crippen LogP contribution in [0.5, 0.6) is 11.5 Å². The second kappa shape index (κ2) is 17.3. The number of nitrogens with zero attached hydrogens (tertiary/aromatic N) is 6. The molecule has 0 saturated carbocycles. The summed E-state index contributed by atoms with van der Waals surface area (Å²) in [5.41, 5.74) is 12.0. The number of rotatable bonds is 9. The van der Waals surface area contributed by atoms with Crippen molar-refractivity contribution >= 4 is 29.5 Å². The molecule has 7 nitrogen and oxygen atoms in total. The minimum absolute atomic E-state index is 0.0969. The first kappa shape index (κ1) is 38.6. The molecule has 9 heteroatoms. The molecule has 0 bridgehead atoms. The third-order valence-electron chi connectivity index (χ3n) is 12.6. The van der Waals surface area contributed by atoms with E-state index in [4.69, 9.17) is 18.9 Å². The zero-order valence-corrected chi connectivity index (χ0v) is 41.7. The SMILES string of the molecule is [2H]c1c([2H])c([2H])c(-c2cccc(-c3cc(C(C)(C)C)cc(C(C)(C)C)c3)c2-n2[c](=[Pt])n(-c3cccc(Oc4ccc5c(c4)N(c4cc(C)ccn4)B(CC(C)C)n4nccc4-5)c3)c3ccccc32)c([2H])c1[2H]. The fourth-order valence-corrected chi connectivity index (χ4v) is 10.3. The summed E-state index contributed by atoms with van der Waals surface area (Å²) in [5.74, 6) is 2.55. The van der Waals surface area contributed by atoms with Gasteiger partial charge in [-0.15, -0.1) is 0 Å². The fourth-order valence-electron chi connectivity index (χ4n) is 9.23. The van der Waals surface area contributed by atoms with Crippen molar-refractivity contribution in [3.63, 3.8) is 0 Å². The van der Waals surface area contributed by atoms with E-state index in [1.54, 1.807) is 0 Å². The van der Waals surface area contributed by atoms with Gasteiger partial charge in [-0.25, -0.2) is 0 Å². The van der Waals surface area contributed by atoms with Gasteiger partial charge in [0.1, 0.15) is 0 Å². The molecular formula is C58H57BN6OPt. The van der Waals surface area contributed by atoms with E-state index in [1.165, 1.54) is 11.1 Å². The summed E-state index contributed by atoms with van der Waals surface area (Å²) >= 11 is 2.37. The minimum atomic E-state index is -0.431. The molecule has 0 aliphatic carbocycles. The third-order valence-corrected chi connectivity index (χ3v) is 13.6. The summed E-state index contributed by atoms with van der Waals surface area (Å²) in [4.78, 5) is 7.17. The molecule has 10 rings (SSSR count). The van der Waals surface area contributed by atoms with Gasteiger partial charge < -0.3 is 0 Å². The molecule has 67 heavy (non-hydrogen) atoms. The number of benzene rings is 6. The van der Waals surface area contributed by atoms with Gasteiger partial charge in [0, 0.05) is 12.4 Å². The van der Waals surface area contributed by atoms with Crippen LogP contribution in [-0.2, 0) is 30.2 Å². The van der Waals surface area contributed by atoms with Gasteiger partial charge in [-0.1, -0.05) is 13.8 Å². The second-order valence-corrected chi connectivity index (χ2v) is 21.0. The molecule has 0 radical (unpaired) electrons. The molecule has 0 atom stereocenters. The van der Waals surface area contributed by atoms with Gasteiger partial charge in [0.15, 0.2) is 0 Å². The molecule has 9 aromatic rings. The number of aromatic nitrogens is 5. The van der Waals surface area contributed by atoms with Gasteiger partial charge in [-0.3, -0.25) is 0 Å². The average Bonchev–Trinajstić information content (AvgIpc) is 3.95. The second-order valence-electron chi connectivity index (χ2n) is 20.0. The summed E-state index contributed by atoms with van der Waals surface area (Å²) in [6.07, 6.45) is 4.59. The van der Waals surface area contributed by atoms with Crippen LogP contribution in [0.4, 0.5) is 11.5 Å². The number of aryl methyl sites for hydroxylation is 1. The predicted molar refractivity (Wildman–Crippen MR) is 274 cm³/mol. The number of hydrogen-bond acceptors (Lipinski definition) is 4. The molecule has 338 valence electrons. The Labute approximate surface area is 413 Å². The predicted octanol–water partition coefficient (Wildman–Crippen LogP) is 14.9. The summed E-state index contributed by atoms with van der Waals surface area (Å²) < 4.78 is 58.7. The van der Waals surface area contributed by atoms with E-state index < -0.39 is 6.04 Å². The maximum absolute atomic E-state index is 9.28. The van der Waals surface area contributed by atoms with Crippen LogP contribution in [0.2, 0.25) is 6.32 Å². The van der Waals surface area contributed by atoms with Gasteiger partial charge in [-0.05, 0) is 24.5 Å². The van der Waals surface area contributed by atoms with Crippen LogP contribution >= 0.6 is 0 Å². The van der Waals surface area contributed by atoms with E-state index in [2.05, 4.69) is 167 Å². The van der Waals surface area contributed by atoms with Gasteiger partial charge in [-0.2, -0.15) is 5.10 Å². The van der Waals surface area contributed by atoms with Crippen LogP contribution in [0.25, 0.3) is 55.9 Å². The summed E-state index contributed by atoms with van der Waals surface area (Å²) in [7, 11) is 0. The Balaban J connectivity index is 1.16.